The van der Waals surface area contributed by atoms with E-state index in [-0.39, 0.29) is 0 Å². The highest BCUT2D eigenvalue weighted by molar-refractivity contribution is 7.09. The number of para-hydroxylation sites is 1. The number of ether oxygens (including phenoxy) is 1. The smallest absolute Gasteiger partial charge is 0.143 e. The zero-order valence-electron chi connectivity index (χ0n) is 10.6. The number of benzene rings is 1. The number of rotatable bonds is 5. The van der Waals surface area contributed by atoms with Gasteiger partial charge in [0.15, 0.2) is 0 Å². The van der Waals surface area contributed by atoms with Crippen LogP contribution in [0.2, 0.25) is 0 Å². The second-order valence-corrected chi connectivity index (χ2v) is 5.02. The van der Waals surface area contributed by atoms with Crippen molar-refractivity contribution in [1.82, 2.24) is 4.98 Å². The SMILES string of the molecule is COc1cccc(NCCc2csc(C)n2)c1N. The number of methoxy groups -OCH3 is 1. The lowest BCUT2D eigenvalue weighted by Gasteiger charge is -2.11. The number of anilines is 2. The molecule has 4 nitrogen and oxygen atoms in total. The van der Waals surface area contributed by atoms with Gasteiger partial charge in [0.1, 0.15) is 5.75 Å². The van der Waals surface area contributed by atoms with Crippen molar-refractivity contribution in [3.05, 3.63) is 34.3 Å². The van der Waals surface area contributed by atoms with Crippen LogP contribution in [-0.4, -0.2) is 18.6 Å². The lowest BCUT2D eigenvalue weighted by molar-refractivity contribution is 0.417. The van der Waals surface area contributed by atoms with Gasteiger partial charge >= 0.3 is 0 Å². The Morgan fingerprint density at radius 3 is 2.94 bits per heavy atom. The summed E-state index contributed by atoms with van der Waals surface area (Å²) in [7, 11) is 1.62. The van der Waals surface area contributed by atoms with Gasteiger partial charge in [0.05, 0.1) is 29.2 Å². The topological polar surface area (TPSA) is 60.2 Å². The standard InChI is InChI=1S/C13H17N3OS/c1-9-16-10(8-18-9)6-7-15-11-4-3-5-12(17-2)13(11)14/h3-5,8,15H,6-7,14H2,1-2H3. The van der Waals surface area contributed by atoms with E-state index in [0.29, 0.717) is 11.4 Å². The molecular formula is C13H17N3OS. The Morgan fingerprint density at radius 1 is 1.44 bits per heavy atom. The lowest BCUT2D eigenvalue weighted by atomic mass is 10.2. The molecule has 2 aromatic rings. The summed E-state index contributed by atoms with van der Waals surface area (Å²) in [6, 6.07) is 5.72. The van der Waals surface area contributed by atoms with Crippen molar-refractivity contribution >= 4 is 22.7 Å². The third-order valence-corrected chi connectivity index (χ3v) is 3.47. The molecule has 2 rings (SSSR count). The predicted octanol–water partition coefficient (Wildman–Crippen LogP) is 2.70. The molecule has 96 valence electrons. The number of nitrogens with two attached hydrogens (primary N) is 1. The third kappa shape index (κ3) is 2.92. The molecule has 1 heterocycles. The average Bonchev–Trinajstić information content (AvgIpc) is 2.77. The van der Waals surface area contributed by atoms with Crippen molar-refractivity contribution in [2.24, 2.45) is 0 Å². The normalized spacial score (nSPS) is 10.3. The Bertz CT molecular complexity index is 525. The maximum atomic E-state index is 5.98. The molecule has 0 atom stereocenters. The highest BCUT2D eigenvalue weighted by atomic mass is 32.1. The van der Waals surface area contributed by atoms with Gasteiger partial charge in [-0.1, -0.05) is 6.07 Å². The Labute approximate surface area is 111 Å². The van der Waals surface area contributed by atoms with E-state index < -0.39 is 0 Å². The van der Waals surface area contributed by atoms with Gasteiger partial charge in [-0.15, -0.1) is 11.3 Å². The van der Waals surface area contributed by atoms with Gasteiger partial charge in [0.2, 0.25) is 0 Å². The monoisotopic (exact) mass is 263 g/mol. The number of aryl methyl sites for hydroxylation is 1. The van der Waals surface area contributed by atoms with Crippen molar-refractivity contribution in [2.45, 2.75) is 13.3 Å². The number of nitrogens with one attached hydrogen (secondary N) is 1. The molecule has 0 saturated heterocycles. The zero-order chi connectivity index (χ0) is 13.0. The molecule has 0 amide bonds. The molecule has 5 heteroatoms. The van der Waals surface area contributed by atoms with E-state index in [9.17, 15) is 0 Å². The fraction of sp³-hybridized carbons (Fsp3) is 0.308. The molecule has 18 heavy (non-hydrogen) atoms. The Hall–Kier alpha value is -1.75. The van der Waals surface area contributed by atoms with E-state index in [4.69, 9.17) is 10.5 Å². The Balaban J connectivity index is 1.94. The fourth-order valence-corrected chi connectivity index (χ4v) is 2.37. The van der Waals surface area contributed by atoms with Crippen molar-refractivity contribution in [1.29, 1.82) is 0 Å². The van der Waals surface area contributed by atoms with Gasteiger partial charge in [-0.3, -0.25) is 0 Å². The summed E-state index contributed by atoms with van der Waals surface area (Å²) in [6.45, 7) is 2.82. The summed E-state index contributed by atoms with van der Waals surface area (Å²) in [5.41, 5.74) is 8.65. The zero-order valence-corrected chi connectivity index (χ0v) is 11.4. The first-order valence-corrected chi connectivity index (χ1v) is 6.66. The van der Waals surface area contributed by atoms with Crippen molar-refractivity contribution in [2.75, 3.05) is 24.7 Å². The third-order valence-electron chi connectivity index (χ3n) is 2.65. The maximum Gasteiger partial charge on any atom is 0.143 e. The molecule has 3 N–H and O–H groups in total. The summed E-state index contributed by atoms with van der Waals surface area (Å²) >= 11 is 1.68. The molecule has 0 aliphatic carbocycles. The number of nitrogens with zero attached hydrogens (tertiary/aromatic N) is 1. The number of hydrogen-bond acceptors (Lipinski definition) is 5. The number of hydrogen-bond donors (Lipinski definition) is 2. The molecule has 1 aromatic heterocycles. The van der Waals surface area contributed by atoms with Gasteiger partial charge in [-0.2, -0.15) is 0 Å². The van der Waals surface area contributed by atoms with E-state index in [0.717, 1.165) is 29.4 Å². The van der Waals surface area contributed by atoms with Crippen LogP contribution in [0.15, 0.2) is 23.6 Å². The summed E-state index contributed by atoms with van der Waals surface area (Å²) in [5, 5.41) is 6.50. The van der Waals surface area contributed by atoms with Gasteiger partial charge in [0.25, 0.3) is 0 Å². The molecule has 0 radical (unpaired) electrons. The van der Waals surface area contributed by atoms with Crippen LogP contribution >= 0.6 is 11.3 Å². The summed E-state index contributed by atoms with van der Waals surface area (Å²) in [4.78, 5) is 4.42. The number of nitrogen functional groups attached to an aromatic ring is 1. The van der Waals surface area contributed by atoms with Crippen LogP contribution in [0, 0.1) is 6.92 Å². The first kappa shape index (κ1) is 12.7. The van der Waals surface area contributed by atoms with Crippen LogP contribution in [0.5, 0.6) is 5.75 Å². The molecule has 0 spiro atoms. The van der Waals surface area contributed by atoms with Crippen LogP contribution in [0.3, 0.4) is 0 Å². The molecule has 1 aromatic carbocycles. The van der Waals surface area contributed by atoms with E-state index in [1.807, 2.05) is 25.1 Å². The van der Waals surface area contributed by atoms with E-state index >= 15 is 0 Å². The predicted molar refractivity (Wildman–Crippen MR) is 76.5 cm³/mol. The summed E-state index contributed by atoms with van der Waals surface area (Å²) in [5.74, 6) is 0.699. The molecule has 0 aliphatic rings. The van der Waals surface area contributed by atoms with E-state index in [1.54, 1.807) is 18.4 Å². The minimum Gasteiger partial charge on any atom is -0.495 e. The first-order valence-electron chi connectivity index (χ1n) is 5.78. The van der Waals surface area contributed by atoms with Crippen molar-refractivity contribution < 1.29 is 4.74 Å². The number of thiazole rings is 1. The molecular weight excluding hydrogens is 246 g/mol. The molecule has 0 bridgehead atoms. The van der Waals surface area contributed by atoms with E-state index in [2.05, 4.69) is 15.7 Å². The van der Waals surface area contributed by atoms with Crippen LogP contribution < -0.4 is 15.8 Å². The fourth-order valence-electron chi connectivity index (χ4n) is 1.72. The quantitative estimate of drug-likeness (QED) is 0.814. The molecule has 0 unspecified atom stereocenters. The van der Waals surface area contributed by atoms with Gasteiger partial charge < -0.3 is 15.8 Å². The second kappa shape index (κ2) is 5.73. The second-order valence-electron chi connectivity index (χ2n) is 3.96. The number of aromatic nitrogens is 1. The Kier molecular flexibility index (Phi) is 4.04. The highest BCUT2D eigenvalue weighted by Crippen LogP contribution is 2.28. The van der Waals surface area contributed by atoms with Gasteiger partial charge in [-0.25, -0.2) is 4.98 Å². The Morgan fingerprint density at radius 2 is 2.28 bits per heavy atom. The van der Waals surface area contributed by atoms with Crippen LogP contribution in [0.1, 0.15) is 10.7 Å². The van der Waals surface area contributed by atoms with Crippen molar-refractivity contribution in [3.8, 4) is 5.75 Å². The van der Waals surface area contributed by atoms with E-state index in [1.165, 1.54) is 0 Å². The lowest BCUT2D eigenvalue weighted by Crippen LogP contribution is -2.07. The maximum absolute atomic E-state index is 5.98. The first-order chi connectivity index (χ1) is 8.70. The highest BCUT2D eigenvalue weighted by Gasteiger charge is 2.04. The average molecular weight is 263 g/mol. The summed E-state index contributed by atoms with van der Waals surface area (Å²) in [6.07, 6.45) is 0.890. The van der Waals surface area contributed by atoms with Crippen molar-refractivity contribution in [3.63, 3.8) is 0 Å². The van der Waals surface area contributed by atoms with Gasteiger partial charge in [0, 0.05) is 18.3 Å². The minimum absolute atomic E-state index is 0.648. The summed E-state index contributed by atoms with van der Waals surface area (Å²) < 4.78 is 5.18. The van der Waals surface area contributed by atoms with Gasteiger partial charge in [-0.05, 0) is 19.1 Å². The molecule has 0 aliphatic heterocycles. The minimum atomic E-state index is 0.648. The van der Waals surface area contributed by atoms with Crippen LogP contribution in [-0.2, 0) is 6.42 Å². The largest absolute Gasteiger partial charge is 0.495 e. The van der Waals surface area contributed by atoms with Crippen LogP contribution in [0.25, 0.3) is 0 Å². The van der Waals surface area contributed by atoms with Crippen LogP contribution in [0.4, 0.5) is 11.4 Å². The molecule has 0 saturated carbocycles. The molecule has 0 fully saturated rings.